The lowest BCUT2D eigenvalue weighted by atomic mass is 10.0. The molecule has 0 saturated carbocycles. The van der Waals surface area contributed by atoms with Gasteiger partial charge in [0, 0.05) is 44.8 Å². The molecule has 2 aromatic carbocycles. The minimum atomic E-state index is 0.0607. The van der Waals surface area contributed by atoms with E-state index in [1.807, 2.05) is 34.3 Å². The van der Waals surface area contributed by atoms with Crippen LogP contribution in [0.4, 0.5) is 11.4 Å². The highest BCUT2D eigenvalue weighted by atomic mass is 16.3. The topological polar surface area (TPSA) is 26.7 Å². The van der Waals surface area contributed by atoms with Crippen molar-refractivity contribution in [3.05, 3.63) is 35.9 Å². The third kappa shape index (κ3) is 2.02. The zero-order valence-electron chi connectivity index (χ0n) is 11.4. The molecular formula is C15H20N2O. The van der Waals surface area contributed by atoms with Crippen LogP contribution in [0.15, 0.2) is 30.3 Å². The summed E-state index contributed by atoms with van der Waals surface area (Å²) >= 11 is 0. The standard InChI is InChI=1S/C15H20N2O/c1-16(2)13-7-5-6-11-8-9-12(10-18)15(14(11)13)17(3)4/h5-9,18H,10H2,1-4H3. The lowest BCUT2D eigenvalue weighted by Crippen LogP contribution is -2.15. The summed E-state index contributed by atoms with van der Waals surface area (Å²) in [4.78, 5) is 4.18. The maximum Gasteiger partial charge on any atom is 0.0702 e. The lowest BCUT2D eigenvalue weighted by molar-refractivity contribution is 0.282. The van der Waals surface area contributed by atoms with Crippen molar-refractivity contribution >= 4 is 22.1 Å². The zero-order chi connectivity index (χ0) is 13.3. The average Bonchev–Trinajstić information content (AvgIpc) is 2.35. The first-order chi connectivity index (χ1) is 8.56. The number of aliphatic hydroxyl groups is 1. The molecular weight excluding hydrogens is 224 g/mol. The minimum absolute atomic E-state index is 0.0607. The Balaban J connectivity index is 2.88. The van der Waals surface area contributed by atoms with Gasteiger partial charge in [-0.05, 0) is 11.5 Å². The van der Waals surface area contributed by atoms with Crippen LogP contribution in [-0.2, 0) is 6.61 Å². The summed E-state index contributed by atoms with van der Waals surface area (Å²) in [7, 11) is 8.11. The Labute approximate surface area is 108 Å². The van der Waals surface area contributed by atoms with E-state index in [1.165, 1.54) is 16.5 Å². The maximum absolute atomic E-state index is 9.52. The molecule has 0 radical (unpaired) electrons. The predicted molar refractivity (Wildman–Crippen MR) is 78.5 cm³/mol. The molecule has 0 heterocycles. The van der Waals surface area contributed by atoms with E-state index < -0.39 is 0 Å². The van der Waals surface area contributed by atoms with Gasteiger partial charge >= 0.3 is 0 Å². The molecule has 18 heavy (non-hydrogen) atoms. The second-order valence-corrected chi connectivity index (χ2v) is 4.90. The van der Waals surface area contributed by atoms with Crippen molar-refractivity contribution < 1.29 is 5.11 Å². The van der Waals surface area contributed by atoms with Gasteiger partial charge in [-0.25, -0.2) is 0 Å². The summed E-state index contributed by atoms with van der Waals surface area (Å²) in [5.41, 5.74) is 3.23. The summed E-state index contributed by atoms with van der Waals surface area (Å²) in [5.74, 6) is 0. The van der Waals surface area contributed by atoms with Gasteiger partial charge in [0.15, 0.2) is 0 Å². The smallest absolute Gasteiger partial charge is 0.0702 e. The highest BCUT2D eigenvalue weighted by Crippen LogP contribution is 2.36. The predicted octanol–water partition coefficient (Wildman–Crippen LogP) is 2.46. The Morgan fingerprint density at radius 3 is 2.22 bits per heavy atom. The molecule has 0 aromatic heterocycles. The molecule has 0 spiro atoms. The second-order valence-electron chi connectivity index (χ2n) is 4.90. The maximum atomic E-state index is 9.52. The first-order valence-corrected chi connectivity index (χ1v) is 6.06. The van der Waals surface area contributed by atoms with E-state index in [2.05, 4.69) is 34.1 Å². The summed E-state index contributed by atoms with van der Waals surface area (Å²) in [6.45, 7) is 0.0607. The molecule has 3 nitrogen and oxygen atoms in total. The highest BCUT2D eigenvalue weighted by molar-refractivity contribution is 6.04. The molecule has 0 amide bonds. The zero-order valence-corrected chi connectivity index (χ0v) is 11.4. The molecule has 0 fully saturated rings. The number of benzene rings is 2. The molecule has 2 aromatic rings. The van der Waals surface area contributed by atoms with E-state index in [0.717, 1.165) is 11.3 Å². The van der Waals surface area contributed by atoms with Gasteiger partial charge in [0.2, 0.25) is 0 Å². The summed E-state index contributed by atoms with van der Waals surface area (Å²) in [5, 5.41) is 11.9. The van der Waals surface area contributed by atoms with Crippen LogP contribution in [0.5, 0.6) is 0 Å². The van der Waals surface area contributed by atoms with E-state index in [1.54, 1.807) is 0 Å². The van der Waals surface area contributed by atoms with Gasteiger partial charge in [0.05, 0.1) is 12.3 Å². The molecule has 0 aliphatic carbocycles. The van der Waals surface area contributed by atoms with Crippen LogP contribution in [0, 0.1) is 0 Å². The number of hydrogen-bond acceptors (Lipinski definition) is 3. The number of rotatable bonds is 3. The fourth-order valence-corrected chi connectivity index (χ4v) is 2.40. The van der Waals surface area contributed by atoms with Crippen LogP contribution in [-0.4, -0.2) is 33.3 Å². The van der Waals surface area contributed by atoms with Crippen molar-refractivity contribution in [1.29, 1.82) is 0 Å². The van der Waals surface area contributed by atoms with Crippen LogP contribution >= 0.6 is 0 Å². The van der Waals surface area contributed by atoms with E-state index in [0.29, 0.717) is 0 Å². The fourth-order valence-electron chi connectivity index (χ4n) is 2.40. The Hall–Kier alpha value is -1.74. The Bertz CT molecular complexity index is 562. The Morgan fingerprint density at radius 2 is 1.67 bits per heavy atom. The number of fused-ring (bicyclic) bond motifs is 1. The molecule has 0 bridgehead atoms. The molecule has 2 rings (SSSR count). The van der Waals surface area contributed by atoms with Crippen molar-refractivity contribution in [3.63, 3.8) is 0 Å². The van der Waals surface area contributed by atoms with E-state index in [9.17, 15) is 5.11 Å². The molecule has 0 aliphatic heterocycles. The average molecular weight is 244 g/mol. The monoisotopic (exact) mass is 244 g/mol. The van der Waals surface area contributed by atoms with Crippen molar-refractivity contribution in [2.45, 2.75) is 6.61 Å². The first-order valence-electron chi connectivity index (χ1n) is 6.06. The van der Waals surface area contributed by atoms with Crippen LogP contribution in [0.1, 0.15) is 5.56 Å². The SMILES string of the molecule is CN(C)c1cccc2ccc(CO)c(N(C)C)c12. The summed E-state index contributed by atoms with van der Waals surface area (Å²) in [6.07, 6.45) is 0. The molecule has 96 valence electrons. The minimum Gasteiger partial charge on any atom is -0.392 e. The molecule has 0 unspecified atom stereocenters. The Kier molecular flexibility index (Phi) is 3.43. The normalized spacial score (nSPS) is 10.7. The summed E-state index contributed by atoms with van der Waals surface area (Å²) < 4.78 is 0. The van der Waals surface area contributed by atoms with E-state index in [-0.39, 0.29) is 6.61 Å². The van der Waals surface area contributed by atoms with Gasteiger partial charge < -0.3 is 14.9 Å². The molecule has 0 saturated heterocycles. The van der Waals surface area contributed by atoms with Gasteiger partial charge in [-0.3, -0.25) is 0 Å². The van der Waals surface area contributed by atoms with Crippen molar-refractivity contribution in [3.8, 4) is 0 Å². The van der Waals surface area contributed by atoms with E-state index >= 15 is 0 Å². The lowest BCUT2D eigenvalue weighted by Gasteiger charge is -2.24. The number of aliphatic hydroxyl groups excluding tert-OH is 1. The van der Waals surface area contributed by atoms with Crippen molar-refractivity contribution in [1.82, 2.24) is 0 Å². The first kappa shape index (κ1) is 12.7. The quantitative estimate of drug-likeness (QED) is 0.898. The third-order valence-electron chi connectivity index (χ3n) is 3.18. The molecule has 1 N–H and O–H groups in total. The van der Waals surface area contributed by atoms with Crippen LogP contribution in [0.2, 0.25) is 0 Å². The van der Waals surface area contributed by atoms with Crippen LogP contribution < -0.4 is 9.80 Å². The Morgan fingerprint density at radius 1 is 0.944 bits per heavy atom. The van der Waals surface area contributed by atoms with Gasteiger partial charge in [-0.2, -0.15) is 0 Å². The van der Waals surface area contributed by atoms with Gasteiger partial charge in [-0.1, -0.05) is 24.3 Å². The van der Waals surface area contributed by atoms with Crippen molar-refractivity contribution in [2.75, 3.05) is 38.0 Å². The van der Waals surface area contributed by atoms with Gasteiger partial charge in [-0.15, -0.1) is 0 Å². The molecule has 0 atom stereocenters. The largest absolute Gasteiger partial charge is 0.392 e. The summed E-state index contributed by atoms with van der Waals surface area (Å²) in [6, 6.07) is 10.3. The second kappa shape index (κ2) is 4.86. The number of anilines is 2. The van der Waals surface area contributed by atoms with Crippen LogP contribution in [0.25, 0.3) is 10.8 Å². The highest BCUT2D eigenvalue weighted by Gasteiger charge is 2.13. The van der Waals surface area contributed by atoms with E-state index in [4.69, 9.17) is 0 Å². The third-order valence-corrected chi connectivity index (χ3v) is 3.18. The van der Waals surface area contributed by atoms with Crippen LogP contribution in [0.3, 0.4) is 0 Å². The van der Waals surface area contributed by atoms with Crippen molar-refractivity contribution in [2.24, 2.45) is 0 Å². The van der Waals surface area contributed by atoms with Gasteiger partial charge in [0.1, 0.15) is 0 Å². The fraction of sp³-hybridized carbons (Fsp3) is 0.333. The number of nitrogens with zero attached hydrogens (tertiary/aromatic N) is 2. The molecule has 3 heteroatoms. The molecule has 0 aliphatic rings. The number of hydrogen-bond donors (Lipinski definition) is 1. The van der Waals surface area contributed by atoms with Gasteiger partial charge in [0.25, 0.3) is 0 Å².